The van der Waals surface area contributed by atoms with Crippen molar-refractivity contribution >= 4 is 105 Å². The van der Waals surface area contributed by atoms with Gasteiger partial charge in [-0.2, -0.15) is 0 Å². The molecule has 0 aliphatic heterocycles. The Bertz CT molecular complexity index is 3730. The molecule has 1 aliphatic rings. The molecule has 0 fully saturated rings. The molecule has 1 atom stereocenters. The van der Waals surface area contributed by atoms with Crippen LogP contribution in [0.3, 0.4) is 0 Å². The third kappa shape index (κ3) is 6.26. The molecule has 1 unspecified atom stereocenters. The third-order valence-electron chi connectivity index (χ3n) is 13.9. The lowest BCUT2D eigenvalue weighted by Crippen LogP contribution is -2.24. The summed E-state index contributed by atoms with van der Waals surface area (Å²) < 4.78 is 13.6. The zero-order valence-electron chi connectivity index (χ0n) is 37.5. The molecule has 0 bridgehead atoms. The molecular weight excluding hydrogens is 793 g/mol. The van der Waals surface area contributed by atoms with Crippen molar-refractivity contribution in [2.75, 3.05) is 9.80 Å². The van der Waals surface area contributed by atoms with Crippen molar-refractivity contribution < 1.29 is 8.83 Å². The van der Waals surface area contributed by atoms with Gasteiger partial charge in [0.25, 0.3) is 0 Å². The highest BCUT2D eigenvalue weighted by molar-refractivity contribution is 6.25. The highest BCUT2D eigenvalue weighted by atomic mass is 16.3. The second-order valence-corrected chi connectivity index (χ2v) is 18.5. The van der Waals surface area contributed by atoms with E-state index in [1.807, 2.05) is 6.07 Å². The summed E-state index contributed by atoms with van der Waals surface area (Å²) in [4.78, 5) is 4.93. The highest BCUT2D eigenvalue weighted by Gasteiger charge is 2.29. The molecule has 11 aromatic rings. The lowest BCUT2D eigenvalue weighted by molar-refractivity contribution is 0.589. The summed E-state index contributed by atoms with van der Waals surface area (Å²) in [5, 5.41) is 11.5. The maximum atomic E-state index is 6.84. The molecule has 0 amide bonds. The van der Waals surface area contributed by atoms with E-state index in [1.165, 1.54) is 43.8 Å². The summed E-state index contributed by atoms with van der Waals surface area (Å²) in [6.45, 7) is 11.5. The van der Waals surface area contributed by atoms with E-state index >= 15 is 0 Å². The van der Waals surface area contributed by atoms with Crippen molar-refractivity contribution in [2.24, 2.45) is 11.8 Å². The summed E-state index contributed by atoms with van der Waals surface area (Å²) in [6.07, 6.45) is 5.73. The van der Waals surface area contributed by atoms with Gasteiger partial charge in [0.15, 0.2) is 11.2 Å². The van der Waals surface area contributed by atoms with E-state index in [-0.39, 0.29) is 5.92 Å². The number of hydrogen-bond acceptors (Lipinski definition) is 4. The quantitative estimate of drug-likeness (QED) is 0.143. The van der Waals surface area contributed by atoms with Crippen LogP contribution < -0.4 is 9.80 Å². The maximum Gasteiger partial charge on any atom is 0.159 e. The summed E-state index contributed by atoms with van der Waals surface area (Å²) in [6, 6.07) is 61.8. The molecule has 316 valence electrons. The lowest BCUT2D eigenvalue weighted by atomic mass is 9.85. The first kappa shape index (κ1) is 39.1. The number of furan rings is 2. The number of benzene rings is 9. The van der Waals surface area contributed by atoms with Crippen LogP contribution >= 0.6 is 0 Å². The predicted molar refractivity (Wildman–Crippen MR) is 276 cm³/mol. The molecule has 0 saturated carbocycles. The molecule has 0 radical (unpaired) electrons. The van der Waals surface area contributed by atoms with E-state index < -0.39 is 0 Å². The Hall–Kier alpha value is -7.56. The Kier molecular flexibility index (Phi) is 9.20. The van der Waals surface area contributed by atoms with Crippen molar-refractivity contribution in [3.8, 4) is 0 Å². The van der Waals surface area contributed by atoms with Crippen LogP contribution in [0.5, 0.6) is 0 Å². The predicted octanol–water partition coefficient (Wildman–Crippen LogP) is 18.2. The van der Waals surface area contributed by atoms with E-state index in [4.69, 9.17) is 8.83 Å². The van der Waals surface area contributed by atoms with E-state index in [0.717, 1.165) is 84.1 Å². The first-order valence-electron chi connectivity index (χ1n) is 23.1. The Balaban J connectivity index is 1.16. The zero-order chi connectivity index (χ0) is 43.9. The van der Waals surface area contributed by atoms with Crippen molar-refractivity contribution in [1.82, 2.24) is 0 Å². The number of anilines is 5. The average molecular weight is 843 g/mol. The van der Waals surface area contributed by atoms with Crippen LogP contribution in [0.1, 0.15) is 52.5 Å². The van der Waals surface area contributed by atoms with Gasteiger partial charge < -0.3 is 18.6 Å². The van der Waals surface area contributed by atoms with Gasteiger partial charge in [-0.1, -0.05) is 168 Å². The zero-order valence-corrected chi connectivity index (χ0v) is 37.5. The molecule has 9 aromatic carbocycles. The molecule has 2 aromatic heterocycles. The summed E-state index contributed by atoms with van der Waals surface area (Å²) in [5.41, 5.74) is 12.9. The van der Waals surface area contributed by atoms with Gasteiger partial charge in [0.1, 0.15) is 11.2 Å². The minimum Gasteiger partial charge on any atom is -0.454 e. The minimum atomic E-state index is 0.266. The van der Waals surface area contributed by atoms with Crippen LogP contribution in [0.25, 0.3) is 76.2 Å². The standard InChI is InChI=1S/C61H50N2O2/c1-37(2)40-28-31-42(32-29-40)62(54-24-14-22-49-47-20-10-12-26-58(47)64-60(49)54)56-35-51-44-17-7-9-19-46(44)57(36-52(51)43-16-6-8-18-45(43)56)63(53-33-30-41(38(3)4)34-39(53)5)55-25-15-23-50-48-21-11-13-27-59(48)65-61(50)55/h6-33,35-39H,34H2,1-5H3. The van der Waals surface area contributed by atoms with Gasteiger partial charge in [0.2, 0.25) is 0 Å². The van der Waals surface area contributed by atoms with Crippen LogP contribution in [0.4, 0.5) is 28.4 Å². The van der Waals surface area contributed by atoms with Crippen LogP contribution in [0.2, 0.25) is 0 Å². The largest absolute Gasteiger partial charge is 0.454 e. The minimum absolute atomic E-state index is 0.266. The van der Waals surface area contributed by atoms with Gasteiger partial charge in [-0.3, -0.25) is 0 Å². The second-order valence-electron chi connectivity index (χ2n) is 18.5. The summed E-state index contributed by atoms with van der Waals surface area (Å²) in [7, 11) is 0. The Labute approximate surface area is 379 Å². The van der Waals surface area contributed by atoms with Gasteiger partial charge >= 0.3 is 0 Å². The second kappa shape index (κ2) is 15.3. The number of nitrogens with zero attached hydrogens (tertiary/aromatic N) is 2. The van der Waals surface area contributed by atoms with Crippen LogP contribution in [-0.4, -0.2) is 0 Å². The van der Waals surface area contributed by atoms with Gasteiger partial charge in [-0.15, -0.1) is 0 Å². The topological polar surface area (TPSA) is 32.8 Å². The van der Waals surface area contributed by atoms with Gasteiger partial charge in [-0.25, -0.2) is 0 Å². The van der Waals surface area contributed by atoms with E-state index in [2.05, 4.69) is 220 Å². The number of rotatable bonds is 8. The van der Waals surface area contributed by atoms with Gasteiger partial charge in [0, 0.05) is 49.6 Å². The fourth-order valence-corrected chi connectivity index (χ4v) is 10.5. The van der Waals surface area contributed by atoms with E-state index in [1.54, 1.807) is 0 Å². The molecule has 4 heteroatoms. The fraction of sp³-hybridized carbons (Fsp3) is 0.148. The normalized spacial score (nSPS) is 14.5. The smallest absolute Gasteiger partial charge is 0.159 e. The number of hydrogen-bond donors (Lipinski definition) is 0. The van der Waals surface area contributed by atoms with Crippen molar-refractivity contribution in [3.63, 3.8) is 0 Å². The van der Waals surface area contributed by atoms with Crippen molar-refractivity contribution in [2.45, 2.75) is 47.0 Å². The SMILES string of the molecule is CC(C)C1=CC=C(N(c2cc3c4ccccc4c(N(c4ccc(C(C)C)cc4)c4cccc5c4oc4ccccc45)cc3c3ccccc23)c2cccc3c2oc2ccccc23)C(C)C1. The van der Waals surface area contributed by atoms with Crippen LogP contribution in [0.15, 0.2) is 202 Å². The molecule has 2 heterocycles. The van der Waals surface area contributed by atoms with Crippen molar-refractivity contribution in [1.29, 1.82) is 0 Å². The van der Waals surface area contributed by atoms with Crippen molar-refractivity contribution in [3.05, 3.63) is 199 Å². The lowest BCUT2D eigenvalue weighted by Gasteiger charge is -2.35. The molecule has 1 aliphatic carbocycles. The Morgan fingerprint density at radius 1 is 0.415 bits per heavy atom. The molecule has 0 saturated heterocycles. The van der Waals surface area contributed by atoms with E-state index in [9.17, 15) is 0 Å². The molecule has 12 rings (SSSR count). The number of para-hydroxylation sites is 4. The monoisotopic (exact) mass is 842 g/mol. The Morgan fingerprint density at radius 2 is 0.877 bits per heavy atom. The van der Waals surface area contributed by atoms with Gasteiger partial charge in [-0.05, 0) is 100.0 Å². The third-order valence-corrected chi connectivity index (χ3v) is 13.9. The molecule has 0 N–H and O–H groups in total. The highest BCUT2D eigenvalue weighted by Crippen LogP contribution is 2.51. The Morgan fingerprint density at radius 3 is 1.38 bits per heavy atom. The molecule has 65 heavy (non-hydrogen) atoms. The summed E-state index contributed by atoms with van der Waals surface area (Å²) >= 11 is 0. The van der Waals surface area contributed by atoms with E-state index in [0.29, 0.717) is 11.8 Å². The van der Waals surface area contributed by atoms with Crippen LogP contribution in [-0.2, 0) is 0 Å². The molecule has 0 spiro atoms. The number of fused-ring (bicyclic) bond motifs is 11. The summed E-state index contributed by atoms with van der Waals surface area (Å²) in [5.74, 6) is 1.16. The first-order valence-corrected chi connectivity index (χ1v) is 23.1. The maximum absolute atomic E-state index is 6.84. The average Bonchev–Trinajstić information content (AvgIpc) is 3.92. The first-order chi connectivity index (χ1) is 31.8. The van der Waals surface area contributed by atoms with Gasteiger partial charge in [0.05, 0.1) is 22.7 Å². The molecule has 4 nitrogen and oxygen atoms in total. The fourth-order valence-electron chi connectivity index (χ4n) is 10.5. The molecular formula is C61H50N2O2. The number of allylic oxidation sites excluding steroid dienone is 4. The van der Waals surface area contributed by atoms with Crippen LogP contribution in [0, 0.1) is 11.8 Å².